The number of allylic oxidation sites excluding steroid dienone is 2. The maximum absolute atomic E-state index is 10.5. The van der Waals surface area contributed by atoms with Gasteiger partial charge in [0.1, 0.15) is 0 Å². The molecule has 0 spiro atoms. The number of hydrogen-bond donors (Lipinski definition) is 4. The summed E-state index contributed by atoms with van der Waals surface area (Å²) in [6, 6.07) is 5.88. The van der Waals surface area contributed by atoms with Crippen LogP contribution in [0.4, 0.5) is 0 Å². The molecule has 10 fully saturated rings. The molecule has 7 heteroatoms. The highest BCUT2D eigenvalue weighted by atomic mass is 16.4. The Morgan fingerprint density at radius 1 is 0.565 bits per heavy atom. The number of nitrogens with two attached hydrogens (primary N) is 1. The molecule has 0 radical (unpaired) electrons. The van der Waals surface area contributed by atoms with E-state index >= 15 is 0 Å². The predicted molar refractivity (Wildman–Crippen MR) is 283 cm³/mol. The van der Waals surface area contributed by atoms with Crippen molar-refractivity contribution < 1.29 is 15.4 Å². The number of nitrogens with zero attached hydrogens (tertiary/aromatic N) is 3. The van der Waals surface area contributed by atoms with E-state index in [4.69, 9.17) is 5.73 Å². The van der Waals surface area contributed by atoms with E-state index in [1.807, 2.05) is 0 Å². The maximum Gasteiger partial charge on any atom is 0.0693 e. The summed E-state index contributed by atoms with van der Waals surface area (Å²) in [6.07, 6.45) is 22.7. The average molecular weight is 952 g/mol. The van der Waals surface area contributed by atoms with Crippen LogP contribution in [0.3, 0.4) is 0 Å². The lowest BCUT2D eigenvalue weighted by molar-refractivity contribution is -0.239. The lowest BCUT2D eigenvalue weighted by Crippen LogP contribution is -2.68. The van der Waals surface area contributed by atoms with Gasteiger partial charge in [-0.3, -0.25) is 0 Å². The summed E-state index contributed by atoms with van der Waals surface area (Å²) >= 11 is 0. The van der Waals surface area contributed by atoms with Crippen molar-refractivity contribution in [2.45, 2.75) is 219 Å². The fourth-order valence-corrected chi connectivity index (χ4v) is 22.8. The summed E-state index contributed by atoms with van der Waals surface area (Å²) in [5, 5.41) is 55.3. The van der Waals surface area contributed by atoms with Crippen LogP contribution in [0.5, 0.6) is 0 Å². The highest BCUT2D eigenvalue weighted by Crippen LogP contribution is 2.79. The molecule has 0 saturated heterocycles. The van der Waals surface area contributed by atoms with Crippen molar-refractivity contribution in [3.05, 3.63) is 24.3 Å². The highest BCUT2D eigenvalue weighted by Gasteiger charge is 2.73. The molecule has 5 N–H and O–H groups in total. The van der Waals surface area contributed by atoms with Crippen LogP contribution >= 0.6 is 0 Å². The molecule has 0 aromatic heterocycles. The topological polar surface area (TPSA) is 147 Å². The molecule has 10 aliphatic rings. The highest BCUT2D eigenvalue weighted by molar-refractivity contribution is 5.91. The third-order valence-electron chi connectivity index (χ3n) is 26.9. The average Bonchev–Trinajstić information content (AvgIpc) is 3.89. The molecule has 0 amide bonds. The van der Waals surface area contributed by atoms with Crippen LogP contribution in [-0.4, -0.2) is 40.4 Å². The molecule has 0 aromatic rings. The zero-order valence-electron chi connectivity index (χ0n) is 44.1. The van der Waals surface area contributed by atoms with Crippen LogP contribution in [0.1, 0.15) is 213 Å². The summed E-state index contributed by atoms with van der Waals surface area (Å²) < 4.78 is 0. The van der Waals surface area contributed by atoms with E-state index in [0.29, 0.717) is 64.6 Å². The number of aliphatic hydroxyl groups excluding tert-OH is 2. The normalized spacial score (nSPS) is 54.9. The van der Waals surface area contributed by atoms with E-state index in [1.165, 1.54) is 75.4 Å². The van der Waals surface area contributed by atoms with E-state index in [2.05, 4.69) is 99.7 Å². The fraction of sp³-hybridized carbons (Fsp3) is 0.887. The Hall–Kier alpha value is -2.19. The molecular formula is C62H102N4O3. The van der Waals surface area contributed by atoms with Gasteiger partial charge in [0.2, 0.25) is 0 Å². The number of nitriles is 2. The summed E-state index contributed by atoms with van der Waals surface area (Å²) in [7, 11) is 0. The molecule has 69 heavy (non-hydrogen) atoms. The van der Waals surface area contributed by atoms with Crippen molar-refractivity contribution in [2.24, 2.45) is 124 Å². The second-order valence-corrected chi connectivity index (χ2v) is 28.3. The van der Waals surface area contributed by atoms with Gasteiger partial charge in [-0.2, -0.15) is 10.5 Å². The third-order valence-corrected chi connectivity index (χ3v) is 26.9. The predicted octanol–water partition coefficient (Wildman–Crippen LogP) is 14.7. The zero-order chi connectivity index (χ0) is 48.8. The van der Waals surface area contributed by atoms with E-state index in [1.54, 1.807) is 0 Å². The number of fused-ring (bicyclic) bond motifs is 14. The molecular weight excluding hydrogens is 849 g/mol. The lowest BCUT2D eigenvalue weighted by atomic mass is 9.32. The number of aliphatic hydroxyl groups is 2. The zero-order valence-corrected chi connectivity index (χ0v) is 44.1. The van der Waals surface area contributed by atoms with Crippen LogP contribution in [0.2, 0.25) is 0 Å². The van der Waals surface area contributed by atoms with Crippen molar-refractivity contribution in [3.8, 4) is 12.1 Å². The van der Waals surface area contributed by atoms with Gasteiger partial charge in [-0.1, -0.05) is 99.7 Å². The van der Waals surface area contributed by atoms with Crippen molar-refractivity contribution in [1.29, 1.82) is 10.5 Å². The second kappa shape index (κ2) is 17.7. The standard InChI is InChI=1S/C30H46N2O2.C30H48N2O.2CH4/c1-19(2)20-9-14-30(17-31)16-15-28(5)21(25(20)30)7-8-23-26(3)12-11-24(32-34)27(4,18-33)22(26)10-13-29(23,28)6;1-19(2)20-9-14-30(17-31)16-15-28(5)21(25(20)30)7-8-23-26(3)12-11-24(32)27(4,18-33)22(26)10-13-29(23,28)6;;/h20-23,25,33-34H,1,7-16,18H2,2-6H3;20-25,33H,1,7-16,18,32H2,2-6H3;2*1H4/b32-24-;;;/t20-,21+,22+,23+,25+,26-,27+,28+,29+,30+;20-,21+,22+,23+,24?,25+,26-,27+,28+,29+,30+;;/m00../s1. The first-order chi connectivity index (χ1) is 31.4. The minimum Gasteiger partial charge on any atom is -0.411 e. The van der Waals surface area contributed by atoms with E-state index in [-0.39, 0.29) is 77.4 Å². The van der Waals surface area contributed by atoms with Crippen molar-refractivity contribution in [1.82, 2.24) is 0 Å². The first-order valence-electron chi connectivity index (χ1n) is 27.7. The molecule has 10 rings (SSSR count). The molecule has 0 aromatic carbocycles. The quantitative estimate of drug-likeness (QED) is 0.125. The summed E-state index contributed by atoms with van der Waals surface area (Å²) in [6.45, 7) is 33.4. The number of hydrogen-bond acceptors (Lipinski definition) is 7. The van der Waals surface area contributed by atoms with Gasteiger partial charge in [0.05, 0.1) is 41.9 Å². The molecule has 0 aliphatic heterocycles. The molecule has 1 unspecified atom stereocenters. The van der Waals surface area contributed by atoms with Crippen molar-refractivity contribution in [2.75, 3.05) is 13.2 Å². The molecule has 10 aliphatic carbocycles. The summed E-state index contributed by atoms with van der Waals surface area (Å²) in [5.41, 5.74) is 10.6. The molecule has 0 bridgehead atoms. The molecule has 388 valence electrons. The van der Waals surface area contributed by atoms with Gasteiger partial charge in [0, 0.05) is 16.9 Å². The van der Waals surface area contributed by atoms with Gasteiger partial charge in [-0.05, 0) is 234 Å². The van der Waals surface area contributed by atoms with Gasteiger partial charge in [-0.25, -0.2) is 0 Å². The number of oxime groups is 1. The van der Waals surface area contributed by atoms with Gasteiger partial charge >= 0.3 is 0 Å². The Labute approximate surface area is 422 Å². The Morgan fingerprint density at radius 2 is 1.01 bits per heavy atom. The van der Waals surface area contributed by atoms with Gasteiger partial charge in [-0.15, -0.1) is 0 Å². The van der Waals surface area contributed by atoms with Gasteiger partial charge < -0.3 is 21.2 Å². The fourth-order valence-electron chi connectivity index (χ4n) is 22.8. The molecule has 10 saturated carbocycles. The maximum atomic E-state index is 10.5. The van der Waals surface area contributed by atoms with Crippen LogP contribution in [0.15, 0.2) is 29.5 Å². The Bertz CT molecular complexity index is 2120. The third kappa shape index (κ3) is 6.85. The van der Waals surface area contributed by atoms with Crippen molar-refractivity contribution in [3.63, 3.8) is 0 Å². The van der Waals surface area contributed by atoms with Crippen LogP contribution < -0.4 is 5.73 Å². The smallest absolute Gasteiger partial charge is 0.0693 e. The Balaban J connectivity index is 0.000000198. The van der Waals surface area contributed by atoms with E-state index in [9.17, 15) is 25.9 Å². The summed E-state index contributed by atoms with van der Waals surface area (Å²) in [5.74, 6) is 5.32. The van der Waals surface area contributed by atoms with Gasteiger partial charge in [0.25, 0.3) is 0 Å². The number of rotatable bonds is 4. The minimum atomic E-state index is -0.431. The summed E-state index contributed by atoms with van der Waals surface area (Å²) in [4.78, 5) is 0. The van der Waals surface area contributed by atoms with Crippen LogP contribution in [-0.2, 0) is 0 Å². The molecule has 7 nitrogen and oxygen atoms in total. The van der Waals surface area contributed by atoms with E-state index < -0.39 is 5.41 Å². The monoisotopic (exact) mass is 951 g/mol. The molecule has 0 heterocycles. The second-order valence-electron chi connectivity index (χ2n) is 28.3. The first kappa shape index (κ1) is 54.6. The SMILES string of the molecule is C.C.C=C(C)[C@@H]1CC[C@]2(C#N)CC[C@]3(C)[C@H](CC[C@@H]4[C@@]5(C)CC/C(=N/O)[C@](C)(CO)[C@@H]5CC[C@]43C)[C@@H]12.C=C(C)[C@@H]1CC[C@]2(C#N)CC[C@]3(C)[C@H](CC[C@@H]4[C@@]5(C)CCC(N)[C@](C)(CO)[C@@H]5CC[C@]43C)[C@@H]12. The van der Waals surface area contributed by atoms with Crippen molar-refractivity contribution >= 4 is 5.71 Å². The van der Waals surface area contributed by atoms with Crippen LogP contribution in [0, 0.1) is 136 Å². The largest absolute Gasteiger partial charge is 0.411 e. The Kier molecular flexibility index (Phi) is 14.0. The van der Waals surface area contributed by atoms with E-state index in [0.717, 1.165) is 69.9 Å². The molecule has 21 atom stereocenters. The van der Waals surface area contributed by atoms with Crippen LogP contribution in [0.25, 0.3) is 0 Å². The first-order valence-corrected chi connectivity index (χ1v) is 27.7. The van der Waals surface area contributed by atoms with Gasteiger partial charge in [0.15, 0.2) is 0 Å². The Morgan fingerprint density at radius 3 is 1.42 bits per heavy atom. The minimum absolute atomic E-state index is 0. The lowest BCUT2D eigenvalue weighted by Gasteiger charge is -2.72.